The molecule has 0 aliphatic carbocycles. The Morgan fingerprint density at radius 1 is 1.14 bits per heavy atom. The summed E-state index contributed by atoms with van der Waals surface area (Å²) in [6.45, 7) is 6.24. The molecule has 1 heterocycles. The summed E-state index contributed by atoms with van der Waals surface area (Å²) in [5.41, 5.74) is 5.34. The van der Waals surface area contributed by atoms with Crippen LogP contribution in [0.25, 0.3) is 0 Å². The van der Waals surface area contributed by atoms with Gasteiger partial charge < -0.3 is 10.2 Å². The van der Waals surface area contributed by atoms with Gasteiger partial charge in [-0.05, 0) is 56.8 Å². The van der Waals surface area contributed by atoms with Crippen LogP contribution in [0, 0.1) is 13.8 Å². The van der Waals surface area contributed by atoms with Crippen molar-refractivity contribution in [2.45, 2.75) is 26.4 Å². The van der Waals surface area contributed by atoms with E-state index < -0.39 is 0 Å². The third-order valence-electron chi connectivity index (χ3n) is 3.85. The fraction of sp³-hybridized carbons (Fsp3) is 0.389. The van der Waals surface area contributed by atoms with Crippen molar-refractivity contribution in [3.8, 4) is 0 Å². The molecule has 1 aromatic heterocycles. The summed E-state index contributed by atoms with van der Waals surface area (Å²) in [5.74, 6) is 0. The summed E-state index contributed by atoms with van der Waals surface area (Å²) in [6.07, 6.45) is 3.70. The van der Waals surface area contributed by atoms with Gasteiger partial charge in [-0.2, -0.15) is 0 Å². The summed E-state index contributed by atoms with van der Waals surface area (Å²) in [6, 6.07) is 11.2. The van der Waals surface area contributed by atoms with Crippen LogP contribution >= 0.6 is 0 Å². The van der Waals surface area contributed by atoms with Gasteiger partial charge >= 0.3 is 0 Å². The fourth-order valence-corrected chi connectivity index (χ4v) is 2.66. The first-order valence-electron chi connectivity index (χ1n) is 7.42. The van der Waals surface area contributed by atoms with Crippen LogP contribution in [0.5, 0.6) is 0 Å². The highest BCUT2D eigenvalue weighted by atomic mass is 15.1. The molecule has 0 aliphatic rings. The molecule has 21 heavy (non-hydrogen) atoms. The van der Waals surface area contributed by atoms with Gasteiger partial charge in [-0.1, -0.05) is 23.8 Å². The van der Waals surface area contributed by atoms with Crippen molar-refractivity contribution >= 4 is 0 Å². The fourth-order valence-electron chi connectivity index (χ4n) is 2.66. The second kappa shape index (κ2) is 7.34. The maximum absolute atomic E-state index is 4.07. The Balaban J connectivity index is 2.06. The van der Waals surface area contributed by atoms with Gasteiger partial charge in [0.15, 0.2) is 0 Å². The molecule has 2 aromatic rings. The van der Waals surface area contributed by atoms with Crippen LogP contribution in [0.1, 0.15) is 28.3 Å². The number of nitrogens with one attached hydrogen (secondary N) is 1. The number of benzene rings is 1. The molecule has 0 amide bonds. The lowest BCUT2D eigenvalue weighted by molar-refractivity contribution is 0.289. The summed E-state index contributed by atoms with van der Waals surface area (Å²) in [7, 11) is 4.20. The van der Waals surface area contributed by atoms with Gasteiger partial charge in [0.25, 0.3) is 0 Å². The molecule has 0 aliphatic heterocycles. The Labute approximate surface area is 128 Å². The van der Waals surface area contributed by atoms with Crippen LogP contribution < -0.4 is 5.32 Å². The van der Waals surface area contributed by atoms with Crippen LogP contribution in [-0.2, 0) is 6.54 Å². The topological polar surface area (TPSA) is 28.2 Å². The molecule has 2 rings (SSSR count). The lowest BCUT2D eigenvalue weighted by Crippen LogP contribution is -2.31. The van der Waals surface area contributed by atoms with Crippen molar-refractivity contribution in [3.05, 3.63) is 65.0 Å². The van der Waals surface area contributed by atoms with Gasteiger partial charge in [0.1, 0.15) is 0 Å². The van der Waals surface area contributed by atoms with Crippen molar-refractivity contribution in [3.63, 3.8) is 0 Å². The first-order chi connectivity index (χ1) is 10.1. The van der Waals surface area contributed by atoms with Crippen LogP contribution in [0.3, 0.4) is 0 Å². The summed E-state index contributed by atoms with van der Waals surface area (Å²) < 4.78 is 0. The van der Waals surface area contributed by atoms with Gasteiger partial charge in [0.2, 0.25) is 0 Å². The molecule has 0 saturated heterocycles. The largest absolute Gasteiger partial charge is 0.312 e. The average Bonchev–Trinajstić information content (AvgIpc) is 2.48. The molecule has 1 aromatic carbocycles. The molecule has 1 atom stereocenters. The predicted molar refractivity (Wildman–Crippen MR) is 88.3 cm³/mol. The van der Waals surface area contributed by atoms with Crippen LogP contribution in [0.4, 0.5) is 0 Å². The molecule has 1 N–H and O–H groups in total. The van der Waals surface area contributed by atoms with Gasteiger partial charge in [0, 0.05) is 31.5 Å². The van der Waals surface area contributed by atoms with E-state index in [9.17, 15) is 0 Å². The summed E-state index contributed by atoms with van der Waals surface area (Å²) in [4.78, 5) is 6.41. The van der Waals surface area contributed by atoms with Crippen molar-refractivity contribution in [1.29, 1.82) is 0 Å². The Bertz CT molecular complexity index is 566. The zero-order valence-electron chi connectivity index (χ0n) is 13.4. The highest BCUT2D eigenvalue weighted by Crippen LogP contribution is 2.20. The molecule has 1 unspecified atom stereocenters. The summed E-state index contributed by atoms with van der Waals surface area (Å²) in [5, 5.41) is 3.45. The number of rotatable bonds is 6. The molecule has 0 saturated carbocycles. The van der Waals surface area contributed by atoms with E-state index in [1.165, 1.54) is 22.3 Å². The SMILES string of the molecule is CNC(CN(C)Cc1ccncc1)c1cc(C)ccc1C. The molecule has 3 heteroatoms. The van der Waals surface area contributed by atoms with Crippen LogP contribution in [-0.4, -0.2) is 30.5 Å². The van der Waals surface area contributed by atoms with Gasteiger partial charge in [-0.25, -0.2) is 0 Å². The van der Waals surface area contributed by atoms with E-state index in [0.29, 0.717) is 6.04 Å². The molecule has 0 fully saturated rings. The molecule has 0 bridgehead atoms. The number of likely N-dealkylation sites (N-methyl/N-ethyl adjacent to an activating group) is 2. The van der Waals surface area contributed by atoms with E-state index in [1.807, 2.05) is 19.4 Å². The Morgan fingerprint density at radius 2 is 1.86 bits per heavy atom. The molecule has 3 nitrogen and oxygen atoms in total. The quantitative estimate of drug-likeness (QED) is 0.883. The zero-order valence-corrected chi connectivity index (χ0v) is 13.4. The second-order valence-electron chi connectivity index (χ2n) is 5.75. The third-order valence-corrected chi connectivity index (χ3v) is 3.85. The van der Waals surface area contributed by atoms with E-state index in [1.54, 1.807) is 0 Å². The summed E-state index contributed by atoms with van der Waals surface area (Å²) >= 11 is 0. The van der Waals surface area contributed by atoms with E-state index in [4.69, 9.17) is 0 Å². The number of aromatic nitrogens is 1. The standard InChI is InChI=1S/C18H25N3/c1-14-5-6-15(2)17(11-14)18(19-3)13-21(4)12-16-7-9-20-10-8-16/h5-11,18-19H,12-13H2,1-4H3. The lowest BCUT2D eigenvalue weighted by Gasteiger charge is -2.25. The minimum Gasteiger partial charge on any atom is -0.312 e. The number of pyridine rings is 1. The highest BCUT2D eigenvalue weighted by molar-refractivity contribution is 5.33. The normalized spacial score (nSPS) is 12.6. The molecule has 0 radical (unpaired) electrons. The van der Waals surface area contributed by atoms with E-state index in [0.717, 1.165) is 13.1 Å². The average molecular weight is 283 g/mol. The Morgan fingerprint density at radius 3 is 2.52 bits per heavy atom. The van der Waals surface area contributed by atoms with Crippen molar-refractivity contribution < 1.29 is 0 Å². The zero-order chi connectivity index (χ0) is 15.2. The highest BCUT2D eigenvalue weighted by Gasteiger charge is 2.14. The Hall–Kier alpha value is -1.71. The van der Waals surface area contributed by atoms with Gasteiger partial charge in [-0.3, -0.25) is 4.98 Å². The number of hydrogen-bond donors (Lipinski definition) is 1. The molecule has 112 valence electrons. The van der Waals surface area contributed by atoms with Crippen molar-refractivity contribution in [2.75, 3.05) is 20.6 Å². The van der Waals surface area contributed by atoms with E-state index in [2.05, 4.69) is 66.4 Å². The van der Waals surface area contributed by atoms with E-state index >= 15 is 0 Å². The predicted octanol–water partition coefficient (Wildman–Crippen LogP) is 3.09. The van der Waals surface area contributed by atoms with Gasteiger partial charge in [0.05, 0.1) is 0 Å². The first kappa shape index (κ1) is 15.7. The van der Waals surface area contributed by atoms with Crippen molar-refractivity contribution in [2.24, 2.45) is 0 Å². The van der Waals surface area contributed by atoms with Crippen LogP contribution in [0.15, 0.2) is 42.7 Å². The minimum absolute atomic E-state index is 0.344. The minimum atomic E-state index is 0.344. The van der Waals surface area contributed by atoms with E-state index in [-0.39, 0.29) is 0 Å². The number of nitrogens with zero attached hydrogens (tertiary/aromatic N) is 2. The Kier molecular flexibility index (Phi) is 5.48. The molecule has 0 spiro atoms. The monoisotopic (exact) mass is 283 g/mol. The smallest absolute Gasteiger partial charge is 0.0449 e. The molecular formula is C18H25N3. The lowest BCUT2D eigenvalue weighted by atomic mass is 9.98. The van der Waals surface area contributed by atoms with Gasteiger partial charge in [-0.15, -0.1) is 0 Å². The third kappa shape index (κ3) is 4.38. The maximum atomic E-state index is 4.07. The molecular weight excluding hydrogens is 258 g/mol. The van der Waals surface area contributed by atoms with Crippen LogP contribution in [0.2, 0.25) is 0 Å². The number of aryl methyl sites for hydroxylation is 2. The maximum Gasteiger partial charge on any atom is 0.0449 e. The second-order valence-corrected chi connectivity index (χ2v) is 5.75. The number of hydrogen-bond acceptors (Lipinski definition) is 3. The first-order valence-corrected chi connectivity index (χ1v) is 7.42. The van der Waals surface area contributed by atoms with Crippen molar-refractivity contribution in [1.82, 2.24) is 15.2 Å².